The van der Waals surface area contributed by atoms with Crippen molar-refractivity contribution in [3.63, 3.8) is 0 Å². The SMILES string of the molecule is CCOC(=O)c1cnc2ccc(OC)cc2c1OC(C)C. The van der Waals surface area contributed by atoms with Gasteiger partial charge in [-0.2, -0.15) is 0 Å². The number of carbonyl (C=O) groups excluding carboxylic acids is 1. The van der Waals surface area contributed by atoms with Crippen molar-refractivity contribution in [3.05, 3.63) is 30.0 Å². The molecule has 21 heavy (non-hydrogen) atoms. The van der Waals surface area contributed by atoms with Gasteiger partial charge in [0.05, 0.1) is 25.3 Å². The molecule has 1 aromatic carbocycles. The van der Waals surface area contributed by atoms with Crippen molar-refractivity contribution >= 4 is 16.9 Å². The Bertz CT molecular complexity index is 652. The third-order valence-corrected chi connectivity index (χ3v) is 2.87. The number of benzene rings is 1. The number of hydrogen-bond donors (Lipinski definition) is 0. The highest BCUT2D eigenvalue weighted by atomic mass is 16.5. The topological polar surface area (TPSA) is 57.7 Å². The van der Waals surface area contributed by atoms with Gasteiger partial charge in [0.15, 0.2) is 0 Å². The molecule has 0 amide bonds. The van der Waals surface area contributed by atoms with Crippen LogP contribution in [-0.4, -0.2) is 30.8 Å². The first kappa shape index (κ1) is 15.1. The molecule has 0 saturated carbocycles. The van der Waals surface area contributed by atoms with E-state index in [1.54, 1.807) is 14.0 Å². The molecule has 0 fully saturated rings. The number of fused-ring (bicyclic) bond motifs is 1. The standard InChI is InChI=1S/C16H19NO4/c1-5-20-16(18)13-9-17-14-7-6-11(19-4)8-12(14)15(13)21-10(2)3/h6-10H,5H2,1-4H3. The maximum Gasteiger partial charge on any atom is 0.343 e. The number of carbonyl (C=O) groups is 1. The van der Waals surface area contributed by atoms with Crippen LogP contribution in [0.2, 0.25) is 0 Å². The maximum atomic E-state index is 12.1. The van der Waals surface area contributed by atoms with Crippen molar-refractivity contribution < 1.29 is 19.0 Å². The zero-order valence-corrected chi connectivity index (χ0v) is 12.7. The van der Waals surface area contributed by atoms with E-state index in [1.807, 2.05) is 32.0 Å². The van der Waals surface area contributed by atoms with Crippen LogP contribution in [0.1, 0.15) is 31.1 Å². The molecule has 0 aliphatic heterocycles. The van der Waals surface area contributed by atoms with E-state index in [-0.39, 0.29) is 6.10 Å². The van der Waals surface area contributed by atoms with Crippen molar-refractivity contribution in [1.82, 2.24) is 4.98 Å². The fraction of sp³-hybridized carbons (Fsp3) is 0.375. The average Bonchev–Trinajstić information content (AvgIpc) is 2.46. The lowest BCUT2D eigenvalue weighted by Crippen LogP contribution is -2.13. The molecule has 0 aliphatic rings. The van der Waals surface area contributed by atoms with Crippen molar-refractivity contribution in [2.45, 2.75) is 26.9 Å². The Kier molecular flexibility index (Phi) is 4.62. The second kappa shape index (κ2) is 6.43. The van der Waals surface area contributed by atoms with Crippen LogP contribution in [0.15, 0.2) is 24.4 Å². The van der Waals surface area contributed by atoms with E-state index >= 15 is 0 Å². The van der Waals surface area contributed by atoms with E-state index in [0.717, 1.165) is 10.9 Å². The van der Waals surface area contributed by atoms with Crippen LogP contribution in [0.5, 0.6) is 11.5 Å². The number of aromatic nitrogens is 1. The number of hydrogen-bond acceptors (Lipinski definition) is 5. The molecule has 112 valence electrons. The molecule has 2 rings (SSSR count). The minimum absolute atomic E-state index is 0.0741. The van der Waals surface area contributed by atoms with E-state index in [1.165, 1.54) is 6.20 Å². The van der Waals surface area contributed by atoms with Gasteiger partial charge in [-0.3, -0.25) is 4.98 Å². The number of methoxy groups -OCH3 is 1. The molecule has 2 aromatic rings. The summed E-state index contributed by atoms with van der Waals surface area (Å²) in [4.78, 5) is 16.4. The Hall–Kier alpha value is -2.30. The third kappa shape index (κ3) is 3.24. The second-order valence-corrected chi connectivity index (χ2v) is 4.77. The van der Waals surface area contributed by atoms with E-state index in [2.05, 4.69) is 4.98 Å². The number of nitrogens with zero attached hydrogens (tertiary/aromatic N) is 1. The van der Waals surface area contributed by atoms with Gasteiger partial charge in [-0.05, 0) is 39.0 Å². The van der Waals surface area contributed by atoms with Crippen LogP contribution in [0, 0.1) is 0 Å². The summed E-state index contributed by atoms with van der Waals surface area (Å²) in [6, 6.07) is 5.46. The summed E-state index contributed by atoms with van der Waals surface area (Å²) in [7, 11) is 1.59. The second-order valence-electron chi connectivity index (χ2n) is 4.77. The molecule has 5 heteroatoms. The molecule has 0 atom stereocenters. The molecule has 0 spiro atoms. The summed E-state index contributed by atoms with van der Waals surface area (Å²) < 4.78 is 16.1. The first-order valence-electron chi connectivity index (χ1n) is 6.87. The Labute approximate surface area is 123 Å². The first-order valence-corrected chi connectivity index (χ1v) is 6.87. The van der Waals surface area contributed by atoms with Crippen LogP contribution in [0.4, 0.5) is 0 Å². The fourth-order valence-electron chi connectivity index (χ4n) is 1.99. The Morgan fingerprint density at radius 2 is 2.10 bits per heavy atom. The van der Waals surface area contributed by atoms with Crippen LogP contribution in [0.3, 0.4) is 0 Å². The number of pyridine rings is 1. The van der Waals surface area contributed by atoms with E-state index in [0.29, 0.717) is 23.7 Å². The lowest BCUT2D eigenvalue weighted by atomic mass is 10.1. The van der Waals surface area contributed by atoms with Gasteiger partial charge in [0.25, 0.3) is 0 Å². The highest BCUT2D eigenvalue weighted by Crippen LogP contribution is 2.32. The Morgan fingerprint density at radius 1 is 1.33 bits per heavy atom. The van der Waals surface area contributed by atoms with Crippen LogP contribution in [-0.2, 0) is 4.74 Å². The zero-order valence-electron chi connectivity index (χ0n) is 12.7. The summed E-state index contributed by atoms with van der Waals surface area (Å²) >= 11 is 0. The van der Waals surface area contributed by atoms with Gasteiger partial charge in [0.2, 0.25) is 0 Å². The fourth-order valence-corrected chi connectivity index (χ4v) is 1.99. The molecule has 5 nitrogen and oxygen atoms in total. The quantitative estimate of drug-likeness (QED) is 0.791. The molecule has 1 heterocycles. The smallest absolute Gasteiger partial charge is 0.343 e. The van der Waals surface area contributed by atoms with Crippen LogP contribution >= 0.6 is 0 Å². The predicted octanol–water partition coefficient (Wildman–Crippen LogP) is 3.21. The lowest BCUT2D eigenvalue weighted by molar-refractivity contribution is 0.0520. The molecule has 0 radical (unpaired) electrons. The van der Waals surface area contributed by atoms with Gasteiger partial charge < -0.3 is 14.2 Å². The van der Waals surface area contributed by atoms with Gasteiger partial charge >= 0.3 is 5.97 Å². The minimum Gasteiger partial charge on any atom is -0.497 e. The van der Waals surface area contributed by atoms with Gasteiger partial charge in [-0.25, -0.2) is 4.79 Å². The summed E-state index contributed by atoms with van der Waals surface area (Å²) in [6.07, 6.45) is 1.42. The van der Waals surface area contributed by atoms with E-state index < -0.39 is 5.97 Å². The van der Waals surface area contributed by atoms with Crippen molar-refractivity contribution in [2.75, 3.05) is 13.7 Å². The number of ether oxygens (including phenoxy) is 3. The largest absolute Gasteiger partial charge is 0.497 e. The van der Waals surface area contributed by atoms with E-state index in [9.17, 15) is 4.79 Å². The molecule has 0 unspecified atom stereocenters. The Balaban J connectivity index is 2.64. The number of esters is 1. The predicted molar refractivity (Wildman–Crippen MR) is 80.0 cm³/mol. The van der Waals surface area contributed by atoms with Crippen molar-refractivity contribution in [1.29, 1.82) is 0 Å². The molecule has 1 aromatic heterocycles. The first-order chi connectivity index (χ1) is 10.1. The van der Waals surface area contributed by atoms with Gasteiger partial charge in [-0.1, -0.05) is 0 Å². The normalized spacial score (nSPS) is 10.7. The molecule has 0 saturated heterocycles. The highest BCUT2D eigenvalue weighted by molar-refractivity contribution is 6.00. The summed E-state index contributed by atoms with van der Waals surface area (Å²) in [5.74, 6) is 0.719. The highest BCUT2D eigenvalue weighted by Gasteiger charge is 2.19. The molecule has 0 bridgehead atoms. The third-order valence-electron chi connectivity index (χ3n) is 2.87. The van der Waals surface area contributed by atoms with Gasteiger partial charge in [-0.15, -0.1) is 0 Å². The molecule has 0 aliphatic carbocycles. The monoisotopic (exact) mass is 289 g/mol. The molecular weight excluding hydrogens is 270 g/mol. The summed E-state index contributed by atoms with van der Waals surface area (Å²) in [6.45, 7) is 5.87. The number of rotatable bonds is 5. The molecule has 0 N–H and O–H groups in total. The summed E-state index contributed by atoms with van der Waals surface area (Å²) in [5, 5.41) is 0.730. The van der Waals surface area contributed by atoms with Gasteiger partial charge in [0.1, 0.15) is 17.1 Å². The minimum atomic E-state index is -0.439. The van der Waals surface area contributed by atoms with Gasteiger partial charge in [0, 0.05) is 11.6 Å². The van der Waals surface area contributed by atoms with E-state index in [4.69, 9.17) is 14.2 Å². The maximum absolute atomic E-state index is 12.1. The van der Waals surface area contributed by atoms with Crippen LogP contribution in [0.25, 0.3) is 10.9 Å². The summed E-state index contributed by atoms with van der Waals surface area (Å²) in [5.41, 5.74) is 1.06. The average molecular weight is 289 g/mol. The van der Waals surface area contributed by atoms with Crippen molar-refractivity contribution in [3.8, 4) is 11.5 Å². The lowest BCUT2D eigenvalue weighted by Gasteiger charge is -2.16. The Morgan fingerprint density at radius 3 is 2.71 bits per heavy atom. The van der Waals surface area contributed by atoms with Crippen molar-refractivity contribution in [2.24, 2.45) is 0 Å². The zero-order chi connectivity index (χ0) is 15.4. The van der Waals surface area contributed by atoms with Crippen LogP contribution < -0.4 is 9.47 Å². The molecular formula is C16H19NO4.